The number of ketones is 2. The molecule has 1 aliphatic carbocycles. The number of benzene rings is 1. The number of nitrogens with zero attached hydrogens (tertiary/aromatic N) is 1. The van der Waals surface area contributed by atoms with Crippen molar-refractivity contribution >= 4 is 11.6 Å². The third-order valence-corrected chi connectivity index (χ3v) is 5.93. The molecule has 0 aromatic heterocycles. The van der Waals surface area contributed by atoms with Gasteiger partial charge in [0.25, 0.3) is 0 Å². The maximum atomic E-state index is 13.0. The van der Waals surface area contributed by atoms with Crippen LogP contribution in [0.1, 0.15) is 53.9 Å². The van der Waals surface area contributed by atoms with Crippen molar-refractivity contribution < 1.29 is 14.4 Å². The molecule has 1 aromatic carbocycles. The summed E-state index contributed by atoms with van der Waals surface area (Å²) in [5.74, 6) is 0.141. The molecule has 0 spiro atoms. The van der Waals surface area contributed by atoms with Crippen LogP contribution in [0.2, 0.25) is 0 Å². The maximum absolute atomic E-state index is 13.0. The van der Waals surface area contributed by atoms with Crippen LogP contribution >= 0.6 is 0 Å². The number of hydrogen-bond donors (Lipinski definition) is 0. The Morgan fingerprint density at radius 3 is 2.24 bits per heavy atom. The number of carbonyl (C=O) groups is 2. The van der Waals surface area contributed by atoms with E-state index in [1.54, 1.807) is 7.11 Å². The van der Waals surface area contributed by atoms with Crippen LogP contribution in [0.3, 0.4) is 0 Å². The van der Waals surface area contributed by atoms with Crippen molar-refractivity contribution in [1.29, 1.82) is 0 Å². The Hall–Kier alpha value is -1.52. The van der Waals surface area contributed by atoms with Gasteiger partial charge in [-0.05, 0) is 62.6 Å². The second-order valence-electron chi connectivity index (χ2n) is 7.81. The second kappa shape index (κ2) is 7.38. The molecule has 0 N–H and O–H groups in total. The van der Waals surface area contributed by atoms with Gasteiger partial charge in [-0.2, -0.15) is 5.06 Å². The van der Waals surface area contributed by atoms with E-state index in [1.165, 1.54) is 5.56 Å². The molecular formula is C21H29NO3. The van der Waals surface area contributed by atoms with Crippen LogP contribution in [0.4, 0.5) is 0 Å². The third kappa shape index (κ3) is 3.70. The van der Waals surface area contributed by atoms with Gasteiger partial charge < -0.3 is 4.84 Å². The van der Waals surface area contributed by atoms with Crippen molar-refractivity contribution in [2.45, 2.75) is 52.4 Å². The Balaban J connectivity index is 1.73. The summed E-state index contributed by atoms with van der Waals surface area (Å²) >= 11 is 0. The van der Waals surface area contributed by atoms with Gasteiger partial charge in [-0.1, -0.05) is 17.7 Å². The summed E-state index contributed by atoms with van der Waals surface area (Å²) in [6.45, 7) is 7.91. The molecule has 4 heteroatoms. The van der Waals surface area contributed by atoms with Crippen LogP contribution in [0.25, 0.3) is 0 Å². The molecule has 4 nitrogen and oxygen atoms in total. The van der Waals surface area contributed by atoms with Crippen LogP contribution < -0.4 is 0 Å². The van der Waals surface area contributed by atoms with Crippen LogP contribution in [-0.2, 0) is 14.4 Å². The Kier molecular flexibility index (Phi) is 5.40. The fourth-order valence-electron chi connectivity index (χ4n) is 4.73. The summed E-state index contributed by atoms with van der Waals surface area (Å²) < 4.78 is 0. The standard InChI is InChI=1S/C21H29NO3/c1-13-9-14(2)19(15(3)10-13)20-18(23)12-17(21(20)24)11-16-5-7-22(25-4)8-6-16/h9-10,16-17,20H,5-8,11-12H2,1-4H3. The molecule has 1 saturated heterocycles. The Labute approximate surface area is 150 Å². The summed E-state index contributed by atoms with van der Waals surface area (Å²) in [5, 5.41) is 1.97. The maximum Gasteiger partial charge on any atom is 0.151 e. The van der Waals surface area contributed by atoms with E-state index >= 15 is 0 Å². The van der Waals surface area contributed by atoms with Crippen molar-refractivity contribution in [3.05, 3.63) is 34.4 Å². The molecule has 2 atom stereocenters. The highest BCUT2D eigenvalue weighted by Crippen LogP contribution is 2.39. The van der Waals surface area contributed by atoms with Crippen LogP contribution in [0.5, 0.6) is 0 Å². The SMILES string of the molecule is CON1CCC(CC2CC(=O)C(c3c(C)cc(C)cc3C)C2=O)CC1. The second-order valence-corrected chi connectivity index (χ2v) is 7.81. The first-order valence-electron chi connectivity index (χ1n) is 9.34. The summed E-state index contributed by atoms with van der Waals surface area (Å²) in [7, 11) is 1.70. The predicted octanol–water partition coefficient (Wildman–Crippen LogP) is 3.52. The lowest BCUT2D eigenvalue weighted by molar-refractivity contribution is -0.149. The summed E-state index contributed by atoms with van der Waals surface area (Å²) in [4.78, 5) is 31.0. The topological polar surface area (TPSA) is 46.6 Å². The molecule has 2 aliphatic rings. The van der Waals surface area contributed by atoms with Crippen molar-refractivity contribution in [1.82, 2.24) is 5.06 Å². The van der Waals surface area contributed by atoms with Crippen molar-refractivity contribution in [3.8, 4) is 0 Å². The van der Waals surface area contributed by atoms with E-state index in [9.17, 15) is 9.59 Å². The fraction of sp³-hybridized carbons (Fsp3) is 0.619. The van der Waals surface area contributed by atoms with Gasteiger partial charge in [-0.25, -0.2) is 0 Å². The lowest BCUT2D eigenvalue weighted by Crippen LogP contribution is -2.33. The van der Waals surface area contributed by atoms with Gasteiger partial charge in [0.1, 0.15) is 11.7 Å². The van der Waals surface area contributed by atoms with E-state index < -0.39 is 5.92 Å². The molecule has 1 aromatic rings. The van der Waals surface area contributed by atoms with Gasteiger partial charge in [0, 0.05) is 25.4 Å². The van der Waals surface area contributed by atoms with Crippen LogP contribution in [-0.4, -0.2) is 36.8 Å². The van der Waals surface area contributed by atoms with E-state index in [1.807, 2.05) is 18.9 Å². The minimum atomic E-state index is -0.537. The summed E-state index contributed by atoms with van der Waals surface area (Å²) in [5.41, 5.74) is 4.27. The number of piperidine rings is 1. The minimum absolute atomic E-state index is 0.100. The van der Waals surface area contributed by atoms with Gasteiger partial charge in [-0.3, -0.25) is 9.59 Å². The molecular weight excluding hydrogens is 314 g/mol. The molecule has 2 fully saturated rings. The molecule has 3 rings (SSSR count). The van der Waals surface area contributed by atoms with Gasteiger partial charge >= 0.3 is 0 Å². The summed E-state index contributed by atoms with van der Waals surface area (Å²) in [6.07, 6.45) is 3.35. The number of hydrogen-bond acceptors (Lipinski definition) is 4. The highest BCUT2D eigenvalue weighted by molar-refractivity contribution is 6.14. The number of Topliss-reactive ketones (excluding diaryl/α,β-unsaturated/α-hetero) is 2. The van der Waals surface area contributed by atoms with Gasteiger partial charge in [0.15, 0.2) is 5.78 Å². The van der Waals surface area contributed by atoms with Crippen molar-refractivity contribution in [3.63, 3.8) is 0 Å². The quantitative estimate of drug-likeness (QED) is 0.785. The molecule has 2 unspecified atom stereocenters. The first-order chi connectivity index (χ1) is 11.9. The van der Waals surface area contributed by atoms with Gasteiger partial charge in [-0.15, -0.1) is 0 Å². The molecule has 0 radical (unpaired) electrons. The molecule has 136 valence electrons. The largest absolute Gasteiger partial charge is 0.302 e. The molecule has 25 heavy (non-hydrogen) atoms. The number of aryl methyl sites for hydroxylation is 3. The zero-order valence-corrected chi connectivity index (χ0v) is 15.8. The summed E-state index contributed by atoms with van der Waals surface area (Å²) in [6, 6.07) is 4.16. The highest BCUT2D eigenvalue weighted by atomic mass is 16.7. The van der Waals surface area contributed by atoms with E-state index in [0.717, 1.165) is 49.0 Å². The molecule has 0 bridgehead atoms. The Bertz CT molecular complexity index is 651. The number of hydroxylamine groups is 2. The fourth-order valence-corrected chi connectivity index (χ4v) is 4.73. The zero-order chi connectivity index (χ0) is 18.1. The van der Waals surface area contributed by atoms with E-state index in [0.29, 0.717) is 12.3 Å². The Morgan fingerprint density at radius 1 is 1.08 bits per heavy atom. The zero-order valence-electron chi connectivity index (χ0n) is 15.8. The van der Waals surface area contributed by atoms with Crippen molar-refractivity contribution in [2.75, 3.05) is 20.2 Å². The molecule has 1 heterocycles. The number of rotatable bonds is 4. The molecule has 0 amide bonds. The van der Waals surface area contributed by atoms with Crippen LogP contribution in [0.15, 0.2) is 12.1 Å². The van der Waals surface area contributed by atoms with E-state index in [-0.39, 0.29) is 17.5 Å². The average Bonchev–Trinajstić information content (AvgIpc) is 2.82. The Morgan fingerprint density at radius 2 is 1.68 bits per heavy atom. The van der Waals surface area contributed by atoms with Gasteiger partial charge in [0.05, 0.1) is 7.11 Å². The van der Waals surface area contributed by atoms with Crippen LogP contribution in [0, 0.1) is 32.6 Å². The average molecular weight is 343 g/mol. The monoisotopic (exact) mass is 343 g/mol. The first kappa shape index (κ1) is 18.3. The van der Waals surface area contributed by atoms with Crippen molar-refractivity contribution in [2.24, 2.45) is 11.8 Å². The lowest BCUT2D eigenvalue weighted by atomic mass is 9.83. The highest BCUT2D eigenvalue weighted by Gasteiger charge is 2.43. The predicted molar refractivity (Wildman–Crippen MR) is 97.4 cm³/mol. The van der Waals surface area contributed by atoms with E-state index in [4.69, 9.17) is 4.84 Å². The number of carbonyl (C=O) groups excluding carboxylic acids is 2. The molecule has 1 aliphatic heterocycles. The minimum Gasteiger partial charge on any atom is -0.302 e. The van der Waals surface area contributed by atoms with Gasteiger partial charge in [0.2, 0.25) is 0 Å². The first-order valence-corrected chi connectivity index (χ1v) is 9.34. The molecule has 1 saturated carbocycles. The lowest BCUT2D eigenvalue weighted by Gasteiger charge is -2.31. The third-order valence-electron chi connectivity index (χ3n) is 5.93. The normalized spacial score (nSPS) is 25.8. The smallest absolute Gasteiger partial charge is 0.151 e. The van der Waals surface area contributed by atoms with E-state index in [2.05, 4.69) is 19.1 Å².